The van der Waals surface area contributed by atoms with E-state index in [1.807, 2.05) is 18.1 Å². The Morgan fingerprint density at radius 2 is 2.20 bits per heavy atom. The number of nitrogens with zero attached hydrogens (tertiary/aromatic N) is 2. The van der Waals surface area contributed by atoms with Crippen molar-refractivity contribution in [3.05, 3.63) is 12.2 Å². The maximum atomic E-state index is 11.0. The second-order valence-electron chi connectivity index (χ2n) is 2.43. The summed E-state index contributed by atoms with van der Waals surface area (Å²) in [5.41, 5.74) is 0. The van der Waals surface area contributed by atoms with Crippen molar-refractivity contribution >= 4 is 5.91 Å². The van der Waals surface area contributed by atoms with Gasteiger partial charge in [0.05, 0.1) is 0 Å². The summed E-state index contributed by atoms with van der Waals surface area (Å²) in [4.78, 5) is 11.0. The smallest absolute Gasteiger partial charge is 0.260 e. The van der Waals surface area contributed by atoms with Gasteiger partial charge in [-0.15, -0.1) is 0 Å². The molecule has 1 amide bonds. The Labute approximate surface area is 60.9 Å². The van der Waals surface area contributed by atoms with Crippen LogP contribution in [-0.2, 0) is 4.79 Å². The zero-order valence-corrected chi connectivity index (χ0v) is 6.37. The summed E-state index contributed by atoms with van der Waals surface area (Å²) in [5, 5.41) is 3.52. The predicted octanol–water partition coefficient (Wildman–Crippen LogP) is 0.252. The van der Waals surface area contributed by atoms with E-state index in [0.717, 1.165) is 13.0 Å². The van der Waals surface area contributed by atoms with Crippen molar-refractivity contribution in [2.45, 2.75) is 6.42 Å². The fourth-order valence-electron chi connectivity index (χ4n) is 0.872. The highest BCUT2D eigenvalue weighted by atomic mass is 16.2. The molecule has 0 spiro atoms. The van der Waals surface area contributed by atoms with E-state index in [4.69, 9.17) is 0 Å². The van der Waals surface area contributed by atoms with Crippen molar-refractivity contribution < 1.29 is 4.79 Å². The quantitative estimate of drug-likeness (QED) is 0.481. The van der Waals surface area contributed by atoms with Crippen molar-refractivity contribution in [1.29, 1.82) is 0 Å². The van der Waals surface area contributed by atoms with Crippen LogP contribution in [0.1, 0.15) is 6.42 Å². The number of carbonyl (C=O) groups excluding carboxylic acids is 1. The Morgan fingerprint density at radius 1 is 1.50 bits per heavy atom. The Kier molecular flexibility index (Phi) is 2.06. The van der Waals surface area contributed by atoms with Crippen LogP contribution < -0.4 is 0 Å². The number of amides is 1. The largest absolute Gasteiger partial charge is 0.275 e. The molecule has 1 rings (SSSR count). The van der Waals surface area contributed by atoms with E-state index < -0.39 is 0 Å². The Balaban J connectivity index is 2.66. The van der Waals surface area contributed by atoms with E-state index in [9.17, 15) is 4.79 Å². The van der Waals surface area contributed by atoms with Crippen LogP contribution in [0.5, 0.6) is 0 Å². The molecule has 10 heavy (non-hydrogen) atoms. The molecule has 0 aromatic rings. The summed E-state index contributed by atoms with van der Waals surface area (Å²) in [7, 11) is 3.68. The summed E-state index contributed by atoms with van der Waals surface area (Å²) in [5.74, 6) is 0.0556. The molecular formula is C7H12N2O. The van der Waals surface area contributed by atoms with Gasteiger partial charge in [0, 0.05) is 26.7 Å². The number of rotatable bonds is 0. The standard InChI is InChI=1S/C7H12N2O/c1-8-6-4-3-5-7(10)9(8)2/h3,5H,4,6H2,1-2H3. The maximum Gasteiger partial charge on any atom is 0.260 e. The molecule has 0 fully saturated rings. The third kappa shape index (κ3) is 1.36. The molecule has 0 aromatic carbocycles. The second kappa shape index (κ2) is 2.84. The molecule has 0 aliphatic carbocycles. The molecule has 56 valence electrons. The van der Waals surface area contributed by atoms with Crippen molar-refractivity contribution in [3.8, 4) is 0 Å². The van der Waals surface area contributed by atoms with Crippen LogP contribution in [-0.4, -0.2) is 36.6 Å². The van der Waals surface area contributed by atoms with Crippen LogP contribution in [0, 0.1) is 0 Å². The van der Waals surface area contributed by atoms with Crippen LogP contribution >= 0.6 is 0 Å². The Morgan fingerprint density at radius 3 is 2.90 bits per heavy atom. The molecule has 0 radical (unpaired) electrons. The maximum absolute atomic E-state index is 11.0. The molecule has 0 saturated heterocycles. The lowest BCUT2D eigenvalue weighted by Gasteiger charge is -2.24. The van der Waals surface area contributed by atoms with Gasteiger partial charge in [-0.05, 0) is 6.42 Å². The molecule has 0 aromatic heterocycles. The molecule has 0 atom stereocenters. The minimum absolute atomic E-state index is 0.0556. The van der Waals surface area contributed by atoms with Crippen LogP contribution in [0.15, 0.2) is 12.2 Å². The first kappa shape index (κ1) is 7.28. The molecular weight excluding hydrogens is 128 g/mol. The number of hydrogen-bond donors (Lipinski definition) is 0. The van der Waals surface area contributed by atoms with E-state index in [-0.39, 0.29) is 5.91 Å². The lowest BCUT2D eigenvalue weighted by atomic mass is 10.4. The van der Waals surface area contributed by atoms with E-state index in [1.165, 1.54) is 0 Å². The van der Waals surface area contributed by atoms with Crippen molar-refractivity contribution in [2.75, 3.05) is 20.6 Å². The minimum Gasteiger partial charge on any atom is -0.275 e. The summed E-state index contributed by atoms with van der Waals surface area (Å²) in [6.45, 7) is 0.915. The first-order valence-corrected chi connectivity index (χ1v) is 3.37. The lowest BCUT2D eigenvalue weighted by molar-refractivity contribution is -0.137. The summed E-state index contributed by atoms with van der Waals surface area (Å²) in [6.07, 6.45) is 4.47. The van der Waals surface area contributed by atoms with Gasteiger partial charge >= 0.3 is 0 Å². The average molecular weight is 140 g/mol. The van der Waals surface area contributed by atoms with Gasteiger partial charge in [-0.3, -0.25) is 9.80 Å². The molecule has 1 aliphatic rings. The van der Waals surface area contributed by atoms with Gasteiger partial charge in [0.1, 0.15) is 0 Å². The zero-order chi connectivity index (χ0) is 7.56. The van der Waals surface area contributed by atoms with Gasteiger partial charge < -0.3 is 0 Å². The monoisotopic (exact) mass is 140 g/mol. The van der Waals surface area contributed by atoms with Gasteiger partial charge in [-0.2, -0.15) is 0 Å². The molecule has 0 bridgehead atoms. The van der Waals surface area contributed by atoms with Crippen LogP contribution in [0.25, 0.3) is 0 Å². The molecule has 0 saturated carbocycles. The van der Waals surface area contributed by atoms with Gasteiger partial charge in [-0.25, -0.2) is 5.01 Å². The Bertz CT molecular complexity index is 165. The normalized spacial score (nSPS) is 21.4. The van der Waals surface area contributed by atoms with E-state index in [2.05, 4.69) is 0 Å². The number of hydrazine groups is 1. The molecule has 0 N–H and O–H groups in total. The summed E-state index contributed by atoms with van der Waals surface area (Å²) >= 11 is 0. The first-order valence-electron chi connectivity index (χ1n) is 3.37. The third-order valence-electron chi connectivity index (χ3n) is 1.71. The van der Waals surface area contributed by atoms with Crippen molar-refractivity contribution in [1.82, 2.24) is 10.0 Å². The van der Waals surface area contributed by atoms with Crippen LogP contribution in [0.3, 0.4) is 0 Å². The van der Waals surface area contributed by atoms with Crippen molar-refractivity contribution in [2.24, 2.45) is 0 Å². The van der Waals surface area contributed by atoms with E-state index in [1.54, 1.807) is 18.1 Å². The topological polar surface area (TPSA) is 23.6 Å². The van der Waals surface area contributed by atoms with Gasteiger partial charge in [-0.1, -0.05) is 6.08 Å². The van der Waals surface area contributed by atoms with Crippen molar-refractivity contribution in [3.63, 3.8) is 0 Å². The number of hydrogen-bond acceptors (Lipinski definition) is 2. The fraction of sp³-hybridized carbons (Fsp3) is 0.571. The average Bonchev–Trinajstić information content (AvgIpc) is 2.04. The Hall–Kier alpha value is -0.830. The first-order chi connectivity index (χ1) is 4.72. The SMILES string of the molecule is CN1CCC=CC(=O)N1C. The van der Waals surface area contributed by atoms with Gasteiger partial charge in [0.25, 0.3) is 5.91 Å². The third-order valence-corrected chi connectivity index (χ3v) is 1.71. The van der Waals surface area contributed by atoms with Gasteiger partial charge in [0.2, 0.25) is 0 Å². The summed E-state index contributed by atoms with van der Waals surface area (Å²) < 4.78 is 0. The zero-order valence-electron chi connectivity index (χ0n) is 6.37. The highest BCUT2D eigenvalue weighted by Crippen LogP contribution is 2.00. The molecule has 1 aliphatic heterocycles. The second-order valence-corrected chi connectivity index (χ2v) is 2.43. The highest BCUT2D eigenvalue weighted by molar-refractivity contribution is 5.87. The van der Waals surface area contributed by atoms with E-state index in [0.29, 0.717) is 0 Å². The minimum atomic E-state index is 0.0556. The molecule has 0 unspecified atom stereocenters. The lowest BCUT2D eigenvalue weighted by Crippen LogP contribution is -2.39. The number of likely N-dealkylation sites (N-methyl/N-ethyl adjacent to an activating group) is 1. The van der Waals surface area contributed by atoms with E-state index >= 15 is 0 Å². The fourth-order valence-corrected chi connectivity index (χ4v) is 0.872. The molecule has 3 nitrogen and oxygen atoms in total. The summed E-state index contributed by atoms with van der Waals surface area (Å²) in [6, 6.07) is 0. The predicted molar refractivity (Wildman–Crippen MR) is 39.2 cm³/mol. The molecule has 3 heteroatoms. The highest BCUT2D eigenvalue weighted by Gasteiger charge is 2.11. The van der Waals surface area contributed by atoms with Crippen LogP contribution in [0.2, 0.25) is 0 Å². The number of carbonyl (C=O) groups is 1. The molecule has 1 heterocycles. The van der Waals surface area contributed by atoms with Gasteiger partial charge in [0.15, 0.2) is 0 Å². The van der Waals surface area contributed by atoms with Crippen LogP contribution in [0.4, 0.5) is 0 Å².